The normalized spacial score (nSPS) is 10.6. The number of aromatic nitrogens is 2. The monoisotopic (exact) mass is 395 g/mol. The summed E-state index contributed by atoms with van der Waals surface area (Å²) >= 11 is 4.04. The molecule has 1 N–H and O–H groups in total. The number of anilines is 1. The zero-order chi connectivity index (χ0) is 16.4. The molecule has 0 saturated heterocycles. The van der Waals surface area contributed by atoms with Gasteiger partial charge in [-0.15, -0.1) is 0 Å². The fraction of sp³-hybridized carbons (Fsp3) is 0. The van der Waals surface area contributed by atoms with Gasteiger partial charge in [0.15, 0.2) is 5.82 Å². The number of carbonyl (C=O) groups is 1. The van der Waals surface area contributed by atoms with Crippen LogP contribution in [0, 0.1) is 11.6 Å². The molecular formula is C15H8BrF2N3OS. The van der Waals surface area contributed by atoms with Gasteiger partial charge < -0.3 is 0 Å². The number of hydrogen-bond donors (Lipinski definition) is 1. The van der Waals surface area contributed by atoms with Crippen LogP contribution in [0.2, 0.25) is 0 Å². The average molecular weight is 396 g/mol. The number of rotatable bonds is 3. The van der Waals surface area contributed by atoms with E-state index in [4.69, 9.17) is 0 Å². The number of amides is 1. The topological polar surface area (TPSA) is 54.9 Å². The van der Waals surface area contributed by atoms with Gasteiger partial charge in [0.2, 0.25) is 5.13 Å². The SMILES string of the molecule is O=C(Nc1nc(-c2ccc(F)cc2)ns1)c1ccc(F)c(Br)c1. The lowest BCUT2D eigenvalue weighted by Crippen LogP contribution is -2.11. The van der Waals surface area contributed by atoms with Crippen molar-refractivity contribution in [3.63, 3.8) is 0 Å². The van der Waals surface area contributed by atoms with E-state index in [1.165, 1.54) is 30.3 Å². The number of halogens is 3. The maximum Gasteiger partial charge on any atom is 0.257 e. The summed E-state index contributed by atoms with van der Waals surface area (Å²) in [6.45, 7) is 0. The number of nitrogens with zero attached hydrogens (tertiary/aromatic N) is 2. The summed E-state index contributed by atoms with van der Waals surface area (Å²) in [5.41, 5.74) is 0.935. The van der Waals surface area contributed by atoms with Gasteiger partial charge in [-0.3, -0.25) is 10.1 Å². The fourth-order valence-electron chi connectivity index (χ4n) is 1.80. The molecule has 0 saturated carbocycles. The van der Waals surface area contributed by atoms with Gasteiger partial charge in [0.05, 0.1) is 4.47 Å². The minimum Gasteiger partial charge on any atom is -0.297 e. The molecule has 23 heavy (non-hydrogen) atoms. The van der Waals surface area contributed by atoms with Gasteiger partial charge >= 0.3 is 0 Å². The van der Waals surface area contributed by atoms with Gasteiger partial charge in [-0.2, -0.15) is 9.36 Å². The van der Waals surface area contributed by atoms with E-state index in [1.54, 1.807) is 12.1 Å². The van der Waals surface area contributed by atoms with Crippen molar-refractivity contribution in [3.8, 4) is 11.4 Å². The summed E-state index contributed by atoms with van der Waals surface area (Å²) in [4.78, 5) is 16.3. The van der Waals surface area contributed by atoms with Crippen molar-refractivity contribution in [1.29, 1.82) is 0 Å². The first-order valence-electron chi connectivity index (χ1n) is 6.39. The van der Waals surface area contributed by atoms with Crippen molar-refractivity contribution in [1.82, 2.24) is 9.36 Å². The van der Waals surface area contributed by atoms with Crippen molar-refractivity contribution in [2.24, 2.45) is 0 Å². The van der Waals surface area contributed by atoms with Gasteiger partial charge in [0, 0.05) is 22.7 Å². The van der Waals surface area contributed by atoms with E-state index < -0.39 is 11.7 Å². The van der Waals surface area contributed by atoms with Crippen molar-refractivity contribution < 1.29 is 13.6 Å². The Labute approximate surface area is 142 Å². The van der Waals surface area contributed by atoms with Crippen LogP contribution in [0.4, 0.5) is 13.9 Å². The molecule has 1 amide bonds. The summed E-state index contributed by atoms with van der Waals surface area (Å²) in [7, 11) is 0. The minimum atomic E-state index is -0.448. The van der Waals surface area contributed by atoms with E-state index in [0.29, 0.717) is 16.5 Å². The van der Waals surface area contributed by atoms with Gasteiger partial charge in [-0.05, 0) is 58.4 Å². The smallest absolute Gasteiger partial charge is 0.257 e. The van der Waals surface area contributed by atoms with Crippen LogP contribution >= 0.6 is 27.5 Å². The van der Waals surface area contributed by atoms with E-state index in [2.05, 4.69) is 30.6 Å². The lowest BCUT2D eigenvalue weighted by atomic mass is 10.2. The highest BCUT2D eigenvalue weighted by Gasteiger charge is 2.12. The molecule has 0 aliphatic heterocycles. The summed E-state index contributed by atoms with van der Waals surface area (Å²) in [5, 5.41) is 2.90. The third-order valence-electron chi connectivity index (χ3n) is 2.93. The number of carbonyl (C=O) groups excluding carboxylic acids is 1. The van der Waals surface area contributed by atoms with E-state index in [1.807, 2.05) is 0 Å². The van der Waals surface area contributed by atoms with Crippen molar-refractivity contribution >= 4 is 38.5 Å². The standard InChI is InChI=1S/C15H8BrF2N3OS/c16-11-7-9(3-6-12(11)18)14(22)20-15-19-13(21-23-15)8-1-4-10(17)5-2-8/h1-7H,(H,19,20,21,22). The van der Waals surface area contributed by atoms with Crippen molar-refractivity contribution in [2.75, 3.05) is 5.32 Å². The number of hydrogen-bond acceptors (Lipinski definition) is 4. The van der Waals surface area contributed by atoms with Crippen molar-refractivity contribution in [3.05, 3.63) is 64.1 Å². The van der Waals surface area contributed by atoms with Crippen LogP contribution in [0.1, 0.15) is 10.4 Å². The Morgan fingerprint density at radius 2 is 1.87 bits per heavy atom. The Kier molecular flexibility index (Phi) is 4.44. The lowest BCUT2D eigenvalue weighted by molar-refractivity contribution is 0.102. The molecule has 2 aromatic carbocycles. The van der Waals surface area contributed by atoms with E-state index >= 15 is 0 Å². The Hall–Kier alpha value is -2.19. The number of nitrogens with one attached hydrogen (secondary N) is 1. The van der Waals surface area contributed by atoms with E-state index in [9.17, 15) is 13.6 Å². The fourth-order valence-corrected chi connectivity index (χ4v) is 2.76. The van der Waals surface area contributed by atoms with Crippen LogP contribution in [0.3, 0.4) is 0 Å². The molecule has 0 aliphatic carbocycles. The maximum atomic E-state index is 13.2. The second kappa shape index (κ2) is 6.51. The molecular weight excluding hydrogens is 388 g/mol. The summed E-state index contributed by atoms with van der Waals surface area (Å²) < 4.78 is 30.4. The highest BCUT2D eigenvalue weighted by molar-refractivity contribution is 9.10. The molecule has 4 nitrogen and oxygen atoms in total. The molecule has 8 heteroatoms. The second-order valence-corrected chi connectivity index (χ2v) is 6.12. The molecule has 0 bridgehead atoms. The quantitative estimate of drug-likeness (QED) is 0.710. The maximum absolute atomic E-state index is 13.2. The zero-order valence-electron chi connectivity index (χ0n) is 11.4. The molecule has 0 aliphatic rings. The Morgan fingerprint density at radius 3 is 2.57 bits per heavy atom. The van der Waals surface area contributed by atoms with Crippen LogP contribution in [0.25, 0.3) is 11.4 Å². The number of benzene rings is 2. The summed E-state index contributed by atoms with van der Waals surface area (Å²) in [6.07, 6.45) is 0. The first-order valence-corrected chi connectivity index (χ1v) is 7.95. The third kappa shape index (κ3) is 3.59. The molecule has 0 unspecified atom stereocenters. The van der Waals surface area contributed by atoms with E-state index in [0.717, 1.165) is 11.5 Å². The van der Waals surface area contributed by atoms with Crippen molar-refractivity contribution in [2.45, 2.75) is 0 Å². The molecule has 1 aromatic heterocycles. The molecule has 116 valence electrons. The highest BCUT2D eigenvalue weighted by Crippen LogP contribution is 2.22. The molecule has 0 spiro atoms. The Morgan fingerprint density at radius 1 is 1.13 bits per heavy atom. The van der Waals surface area contributed by atoms with Gasteiger partial charge in [-0.25, -0.2) is 8.78 Å². The first-order chi connectivity index (χ1) is 11.0. The highest BCUT2D eigenvalue weighted by atomic mass is 79.9. The predicted octanol–water partition coefficient (Wildman–Crippen LogP) is 4.50. The van der Waals surface area contributed by atoms with Crippen LogP contribution in [-0.4, -0.2) is 15.3 Å². The molecule has 1 heterocycles. The van der Waals surface area contributed by atoms with Crippen LogP contribution in [0.15, 0.2) is 46.9 Å². The van der Waals surface area contributed by atoms with Crippen LogP contribution in [-0.2, 0) is 0 Å². The van der Waals surface area contributed by atoms with Crippen LogP contribution in [0.5, 0.6) is 0 Å². The zero-order valence-corrected chi connectivity index (χ0v) is 13.8. The Balaban J connectivity index is 1.77. The summed E-state index contributed by atoms with van der Waals surface area (Å²) in [6, 6.07) is 9.68. The lowest BCUT2D eigenvalue weighted by Gasteiger charge is -2.02. The van der Waals surface area contributed by atoms with Gasteiger partial charge in [0.25, 0.3) is 5.91 Å². The molecule has 0 fully saturated rings. The minimum absolute atomic E-state index is 0.203. The molecule has 3 aromatic rings. The van der Waals surface area contributed by atoms with Gasteiger partial charge in [-0.1, -0.05) is 0 Å². The van der Waals surface area contributed by atoms with E-state index in [-0.39, 0.29) is 15.9 Å². The molecule has 0 radical (unpaired) electrons. The van der Waals surface area contributed by atoms with Gasteiger partial charge in [0.1, 0.15) is 11.6 Å². The Bertz CT molecular complexity index is 867. The molecule has 0 atom stereocenters. The molecule has 3 rings (SSSR count). The second-order valence-electron chi connectivity index (χ2n) is 4.51. The average Bonchev–Trinajstić information content (AvgIpc) is 2.99. The largest absolute Gasteiger partial charge is 0.297 e. The first kappa shape index (κ1) is 15.7. The predicted molar refractivity (Wildman–Crippen MR) is 87.4 cm³/mol. The van der Waals surface area contributed by atoms with Crippen LogP contribution < -0.4 is 5.32 Å². The summed E-state index contributed by atoms with van der Waals surface area (Å²) in [5.74, 6) is -0.825. The third-order valence-corrected chi connectivity index (χ3v) is 4.17.